The van der Waals surface area contributed by atoms with E-state index in [0.29, 0.717) is 43.0 Å². The lowest BCUT2D eigenvalue weighted by molar-refractivity contribution is 0.0746. The predicted molar refractivity (Wildman–Crippen MR) is 135 cm³/mol. The van der Waals surface area contributed by atoms with Gasteiger partial charge < -0.3 is 14.7 Å². The van der Waals surface area contributed by atoms with Crippen molar-refractivity contribution in [2.24, 2.45) is 0 Å². The highest BCUT2D eigenvalue weighted by Crippen LogP contribution is 2.31. The van der Waals surface area contributed by atoms with Gasteiger partial charge in [0, 0.05) is 56.3 Å². The van der Waals surface area contributed by atoms with Gasteiger partial charge in [-0.2, -0.15) is 0 Å². The number of rotatable bonds is 5. The van der Waals surface area contributed by atoms with E-state index in [9.17, 15) is 22.4 Å². The highest BCUT2D eigenvalue weighted by Gasteiger charge is 2.29. The Morgan fingerprint density at radius 1 is 0.943 bits per heavy atom. The summed E-state index contributed by atoms with van der Waals surface area (Å²) >= 11 is 0. The number of Topliss-reactive ketones (excluding diaryl/α,β-unsaturated/α-hetero) is 1. The number of carbonyl (C=O) groups excluding carboxylic acids is 2. The van der Waals surface area contributed by atoms with Gasteiger partial charge in [0.05, 0.1) is 16.1 Å². The normalized spacial score (nSPS) is 19.1. The molecule has 188 valence electrons. The van der Waals surface area contributed by atoms with E-state index in [1.54, 1.807) is 29.2 Å². The number of halogens is 1. The van der Waals surface area contributed by atoms with Gasteiger partial charge in [0.1, 0.15) is 5.82 Å². The molecule has 0 aromatic heterocycles. The van der Waals surface area contributed by atoms with Gasteiger partial charge in [-0.1, -0.05) is 0 Å². The summed E-state index contributed by atoms with van der Waals surface area (Å²) in [5, 5.41) is 0. The molecule has 2 saturated heterocycles. The first kappa shape index (κ1) is 25.2. The molecule has 0 radical (unpaired) electrons. The molecule has 0 bridgehead atoms. The first-order valence-electron chi connectivity index (χ1n) is 12.0. The van der Waals surface area contributed by atoms with E-state index < -0.39 is 15.7 Å². The van der Waals surface area contributed by atoms with Gasteiger partial charge >= 0.3 is 0 Å². The van der Waals surface area contributed by atoms with E-state index in [0.717, 1.165) is 37.8 Å². The number of piperazine rings is 1. The minimum atomic E-state index is -3.47. The maximum atomic E-state index is 14.6. The number of carbonyl (C=O) groups is 2. The van der Waals surface area contributed by atoms with Gasteiger partial charge in [-0.05, 0) is 69.5 Å². The first-order chi connectivity index (χ1) is 16.6. The van der Waals surface area contributed by atoms with Crippen LogP contribution >= 0.6 is 0 Å². The van der Waals surface area contributed by atoms with E-state index in [1.807, 2.05) is 4.90 Å². The highest BCUT2D eigenvalue weighted by molar-refractivity contribution is 7.90. The molecule has 2 fully saturated rings. The van der Waals surface area contributed by atoms with Gasteiger partial charge in [0.2, 0.25) is 0 Å². The van der Waals surface area contributed by atoms with Crippen LogP contribution in [0.25, 0.3) is 0 Å². The summed E-state index contributed by atoms with van der Waals surface area (Å²) in [5.41, 5.74) is 1.89. The van der Waals surface area contributed by atoms with E-state index in [1.165, 1.54) is 19.1 Å². The molecule has 1 unspecified atom stereocenters. The lowest BCUT2D eigenvalue weighted by Crippen LogP contribution is -2.49. The minimum Gasteiger partial charge on any atom is -0.368 e. The van der Waals surface area contributed by atoms with Crippen LogP contribution in [0.15, 0.2) is 41.3 Å². The van der Waals surface area contributed by atoms with Crippen LogP contribution in [0.4, 0.5) is 15.8 Å². The third-order valence-corrected chi connectivity index (χ3v) is 8.11. The van der Waals surface area contributed by atoms with Crippen molar-refractivity contribution in [3.8, 4) is 0 Å². The first-order valence-corrected chi connectivity index (χ1v) is 13.9. The average molecular weight is 502 g/mol. The lowest BCUT2D eigenvalue weighted by Gasteiger charge is -2.39. The Kier molecular flexibility index (Phi) is 7.17. The van der Waals surface area contributed by atoms with Crippen molar-refractivity contribution >= 4 is 32.9 Å². The fourth-order valence-corrected chi connectivity index (χ4v) is 5.57. The number of ketones is 1. The zero-order chi connectivity index (χ0) is 25.3. The van der Waals surface area contributed by atoms with Crippen LogP contribution in [0.2, 0.25) is 0 Å². The molecule has 2 aliphatic heterocycles. The Morgan fingerprint density at radius 3 is 2.23 bits per heavy atom. The van der Waals surface area contributed by atoms with E-state index in [4.69, 9.17) is 0 Å². The molecule has 1 amide bonds. The van der Waals surface area contributed by atoms with Crippen LogP contribution in [0.1, 0.15) is 53.8 Å². The number of amides is 1. The van der Waals surface area contributed by atoms with Gasteiger partial charge in [0.25, 0.3) is 5.91 Å². The number of piperidine rings is 1. The summed E-state index contributed by atoms with van der Waals surface area (Å²) in [5.74, 6) is -0.865. The Balaban J connectivity index is 1.57. The van der Waals surface area contributed by atoms with Gasteiger partial charge in [-0.15, -0.1) is 0 Å². The quantitative estimate of drug-likeness (QED) is 0.581. The zero-order valence-corrected chi connectivity index (χ0v) is 21.3. The maximum Gasteiger partial charge on any atom is 0.256 e. The number of benzene rings is 2. The van der Waals surface area contributed by atoms with Crippen molar-refractivity contribution in [2.75, 3.05) is 48.8 Å². The summed E-state index contributed by atoms with van der Waals surface area (Å²) in [6.45, 7) is 5.98. The van der Waals surface area contributed by atoms with Crippen LogP contribution in [-0.4, -0.2) is 70.0 Å². The molecule has 4 rings (SSSR count). The predicted octanol–water partition coefficient (Wildman–Crippen LogP) is 3.77. The monoisotopic (exact) mass is 501 g/mol. The molecular weight excluding hydrogens is 469 g/mol. The van der Waals surface area contributed by atoms with Crippen LogP contribution in [0.5, 0.6) is 0 Å². The molecule has 1 atom stereocenters. The summed E-state index contributed by atoms with van der Waals surface area (Å²) in [6.07, 6.45) is 4.32. The second-order valence-corrected chi connectivity index (χ2v) is 11.5. The zero-order valence-electron chi connectivity index (χ0n) is 20.5. The van der Waals surface area contributed by atoms with Crippen molar-refractivity contribution in [3.05, 3.63) is 53.3 Å². The second-order valence-electron chi connectivity index (χ2n) is 9.49. The van der Waals surface area contributed by atoms with Crippen molar-refractivity contribution < 1.29 is 22.4 Å². The fourth-order valence-electron chi connectivity index (χ4n) is 4.93. The van der Waals surface area contributed by atoms with Crippen LogP contribution in [0.3, 0.4) is 0 Å². The standard InChI is InChI=1S/C26H32FN3O4S/c1-18-6-4-5-11-30(18)24-10-8-21(35(3,33)34)17-22(24)26(32)29-14-12-28(13-15-29)25-9-7-20(19(2)31)16-23(25)27/h7-10,16-18H,4-6,11-15H2,1-3H3. The lowest BCUT2D eigenvalue weighted by atomic mass is 10.0. The number of nitrogens with zero attached hydrogens (tertiary/aromatic N) is 3. The Hall–Kier alpha value is -2.94. The molecular formula is C26H32FN3O4S. The van der Waals surface area contributed by atoms with Crippen LogP contribution < -0.4 is 9.80 Å². The molecule has 2 aliphatic rings. The largest absolute Gasteiger partial charge is 0.368 e. The molecule has 0 aliphatic carbocycles. The summed E-state index contributed by atoms with van der Waals surface area (Å²) in [6, 6.07) is 9.56. The number of anilines is 2. The van der Waals surface area contributed by atoms with Crippen molar-refractivity contribution in [3.63, 3.8) is 0 Å². The third-order valence-electron chi connectivity index (χ3n) is 7.00. The second kappa shape index (κ2) is 9.97. The van der Waals surface area contributed by atoms with Gasteiger partial charge in [0.15, 0.2) is 15.6 Å². The molecule has 7 nitrogen and oxygen atoms in total. The Bertz CT molecular complexity index is 1240. The molecule has 0 saturated carbocycles. The van der Waals surface area contributed by atoms with E-state index in [-0.39, 0.29) is 22.6 Å². The van der Waals surface area contributed by atoms with E-state index in [2.05, 4.69) is 11.8 Å². The minimum absolute atomic E-state index is 0.125. The Labute approximate surface area is 206 Å². The van der Waals surface area contributed by atoms with Crippen LogP contribution in [-0.2, 0) is 9.84 Å². The average Bonchev–Trinajstić information content (AvgIpc) is 2.83. The molecule has 35 heavy (non-hydrogen) atoms. The van der Waals surface area contributed by atoms with Crippen molar-refractivity contribution in [1.29, 1.82) is 0 Å². The molecule has 2 aromatic carbocycles. The van der Waals surface area contributed by atoms with Gasteiger partial charge in [-0.3, -0.25) is 9.59 Å². The van der Waals surface area contributed by atoms with Crippen LogP contribution in [0, 0.1) is 5.82 Å². The van der Waals surface area contributed by atoms with Gasteiger partial charge in [-0.25, -0.2) is 12.8 Å². The number of hydrogen-bond donors (Lipinski definition) is 0. The molecule has 9 heteroatoms. The molecule has 0 spiro atoms. The topological polar surface area (TPSA) is 78.0 Å². The number of hydrogen-bond acceptors (Lipinski definition) is 6. The molecule has 2 aromatic rings. The van der Waals surface area contributed by atoms with Crippen molar-refractivity contribution in [2.45, 2.75) is 44.0 Å². The van der Waals surface area contributed by atoms with Crippen molar-refractivity contribution in [1.82, 2.24) is 4.90 Å². The fraction of sp³-hybridized carbons (Fsp3) is 0.462. The highest BCUT2D eigenvalue weighted by atomic mass is 32.2. The molecule has 2 heterocycles. The maximum absolute atomic E-state index is 14.6. The summed E-state index contributed by atoms with van der Waals surface area (Å²) < 4.78 is 39.1. The SMILES string of the molecule is CC(=O)c1ccc(N2CCN(C(=O)c3cc(S(C)(=O)=O)ccc3N3CCCCC3C)CC2)c(F)c1. The third kappa shape index (κ3) is 5.34. The smallest absolute Gasteiger partial charge is 0.256 e. The van der Waals surface area contributed by atoms with E-state index >= 15 is 0 Å². The molecule has 0 N–H and O–H groups in total. The summed E-state index contributed by atoms with van der Waals surface area (Å²) in [7, 11) is -3.47. The number of sulfone groups is 1. The Morgan fingerprint density at radius 2 is 1.63 bits per heavy atom. The summed E-state index contributed by atoms with van der Waals surface area (Å²) in [4.78, 5) is 31.1.